The number of nitrogens with zero attached hydrogens (tertiary/aromatic N) is 2. The van der Waals surface area contributed by atoms with Crippen molar-refractivity contribution in [3.8, 4) is 0 Å². The fourth-order valence-corrected chi connectivity index (χ4v) is 2.03. The highest BCUT2D eigenvalue weighted by Crippen LogP contribution is 2.30. The Bertz CT molecular complexity index is 445. The summed E-state index contributed by atoms with van der Waals surface area (Å²) in [6.45, 7) is 4.92. The number of aromatic carboxylic acids is 1. The van der Waals surface area contributed by atoms with Crippen LogP contribution >= 0.6 is 0 Å². The topological polar surface area (TPSA) is 73.7 Å². The van der Waals surface area contributed by atoms with Gasteiger partial charge in [-0.3, -0.25) is 0 Å². The number of aliphatic hydroxyl groups is 1. The van der Waals surface area contributed by atoms with Gasteiger partial charge < -0.3 is 15.1 Å². The lowest BCUT2D eigenvalue weighted by atomic mass is 9.95. The van der Waals surface area contributed by atoms with Gasteiger partial charge in [0.1, 0.15) is 5.82 Å². The highest BCUT2D eigenvalue weighted by molar-refractivity contribution is 5.88. The molecule has 0 radical (unpaired) electrons. The molecule has 2 atom stereocenters. The Morgan fingerprint density at radius 3 is 2.88 bits per heavy atom. The standard InChI is InChI=1S/C12H16N2O3/c1-8-6-14(7-12(8,2)17)10-5-9(11(15)16)3-4-13-10/h3-5,8,17H,6-7H2,1-2H3,(H,15,16). The predicted molar refractivity (Wildman–Crippen MR) is 63.2 cm³/mol. The lowest BCUT2D eigenvalue weighted by molar-refractivity contribution is 0.0443. The predicted octanol–water partition coefficient (Wildman–Crippen LogP) is 0.987. The molecule has 1 aromatic heterocycles. The fraction of sp³-hybridized carbons (Fsp3) is 0.500. The second-order valence-corrected chi connectivity index (χ2v) is 4.85. The van der Waals surface area contributed by atoms with E-state index < -0.39 is 11.6 Å². The number of carbonyl (C=O) groups is 1. The van der Waals surface area contributed by atoms with Crippen molar-refractivity contribution in [2.75, 3.05) is 18.0 Å². The van der Waals surface area contributed by atoms with Crippen molar-refractivity contribution in [2.24, 2.45) is 5.92 Å². The SMILES string of the molecule is CC1CN(c2cc(C(=O)O)ccn2)CC1(C)O. The molecule has 0 bridgehead atoms. The van der Waals surface area contributed by atoms with E-state index in [9.17, 15) is 9.90 Å². The summed E-state index contributed by atoms with van der Waals surface area (Å²) in [7, 11) is 0. The molecule has 0 aliphatic carbocycles. The molecule has 1 aliphatic heterocycles. The van der Waals surface area contributed by atoms with E-state index in [-0.39, 0.29) is 11.5 Å². The van der Waals surface area contributed by atoms with Crippen molar-refractivity contribution in [3.63, 3.8) is 0 Å². The lowest BCUT2D eigenvalue weighted by Gasteiger charge is -2.21. The Morgan fingerprint density at radius 1 is 1.65 bits per heavy atom. The molecule has 5 nitrogen and oxygen atoms in total. The average molecular weight is 236 g/mol. The molecule has 2 unspecified atom stereocenters. The molecule has 0 saturated carbocycles. The Kier molecular flexibility index (Phi) is 2.79. The Labute approximate surface area is 99.7 Å². The van der Waals surface area contributed by atoms with E-state index in [1.165, 1.54) is 18.3 Å². The number of aromatic nitrogens is 1. The molecule has 1 fully saturated rings. The maximum absolute atomic E-state index is 10.9. The van der Waals surface area contributed by atoms with E-state index >= 15 is 0 Å². The number of pyridine rings is 1. The quantitative estimate of drug-likeness (QED) is 0.801. The maximum Gasteiger partial charge on any atom is 0.335 e. The second-order valence-electron chi connectivity index (χ2n) is 4.85. The van der Waals surface area contributed by atoms with Crippen LogP contribution in [0.4, 0.5) is 5.82 Å². The second kappa shape index (κ2) is 4.00. The van der Waals surface area contributed by atoms with Gasteiger partial charge in [-0.05, 0) is 19.1 Å². The van der Waals surface area contributed by atoms with Crippen LogP contribution < -0.4 is 4.90 Å². The summed E-state index contributed by atoms with van der Waals surface area (Å²) in [6, 6.07) is 3.00. The average Bonchev–Trinajstić information content (AvgIpc) is 2.54. The molecule has 1 aliphatic rings. The van der Waals surface area contributed by atoms with E-state index in [1.54, 1.807) is 6.92 Å². The van der Waals surface area contributed by atoms with Crippen molar-refractivity contribution >= 4 is 11.8 Å². The van der Waals surface area contributed by atoms with Gasteiger partial charge in [0.05, 0.1) is 11.2 Å². The third kappa shape index (κ3) is 2.24. The lowest BCUT2D eigenvalue weighted by Crippen LogP contribution is -2.33. The molecule has 2 rings (SSSR count). The van der Waals surface area contributed by atoms with Crippen LogP contribution in [0.15, 0.2) is 18.3 Å². The first-order valence-corrected chi connectivity index (χ1v) is 5.57. The molecule has 5 heteroatoms. The Morgan fingerprint density at radius 2 is 2.35 bits per heavy atom. The summed E-state index contributed by atoms with van der Waals surface area (Å²) < 4.78 is 0. The van der Waals surface area contributed by atoms with E-state index in [4.69, 9.17) is 5.11 Å². The van der Waals surface area contributed by atoms with Crippen molar-refractivity contribution in [2.45, 2.75) is 19.4 Å². The number of rotatable bonds is 2. The summed E-state index contributed by atoms with van der Waals surface area (Å²) in [6.07, 6.45) is 1.48. The molecule has 1 saturated heterocycles. The molecule has 2 heterocycles. The first-order chi connectivity index (χ1) is 7.90. The van der Waals surface area contributed by atoms with E-state index in [0.717, 1.165) is 0 Å². The van der Waals surface area contributed by atoms with Crippen LogP contribution in [0.1, 0.15) is 24.2 Å². The molecule has 17 heavy (non-hydrogen) atoms. The van der Waals surface area contributed by atoms with Gasteiger partial charge >= 0.3 is 5.97 Å². The van der Waals surface area contributed by atoms with Crippen LogP contribution in [-0.2, 0) is 0 Å². The van der Waals surface area contributed by atoms with Gasteiger partial charge in [-0.2, -0.15) is 0 Å². The summed E-state index contributed by atoms with van der Waals surface area (Å²) in [5.74, 6) is -0.222. The van der Waals surface area contributed by atoms with Gasteiger partial charge in [0.2, 0.25) is 0 Å². The third-order valence-electron chi connectivity index (χ3n) is 3.38. The maximum atomic E-state index is 10.9. The largest absolute Gasteiger partial charge is 0.478 e. The zero-order valence-electron chi connectivity index (χ0n) is 9.92. The van der Waals surface area contributed by atoms with E-state index in [2.05, 4.69) is 4.98 Å². The molecular formula is C12H16N2O3. The van der Waals surface area contributed by atoms with E-state index in [1.807, 2.05) is 11.8 Å². The molecule has 0 amide bonds. The van der Waals surface area contributed by atoms with E-state index in [0.29, 0.717) is 18.9 Å². The number of anilines is 1. The molecule has 0 aromatic carbocycles. The van der Waals surface area contributed by atoms with Gasteiger partial charge in [0.25, 0.3) is 0 Å². The van der Waals surface area contributed by atoms with Crippen molar-refractivity contribution in [3.05, 3.63) is 23.9 Å². The number of carboxylic acids is 1. The smallest absolute Gasteiger partial charge is 0.335 e. The summed E-state index contributed by atoms with van der Waals surface area (Å²) in [5, 5.41) is 19.0. The summed E-state index contributed by atoms with van der Waals surface area (Å²) in [5.41, 5.74) is -0.532. The van der Waals surface area contributed by atoms with Gasteiger partial charge in [-0.1, -0.05) is 6.92 Å². The minimum absolute atomic E-state index is 0.137. The molecule has 92 valence electrons. The van der Waals surface area contributed by atoms with Gasteiger partial charge in [0, 0.05) is 25.2 Å². The fourth-order valence-electron chi connectivity index (χ4n) is 2.03. The van der Waals surface area contributed by atoms with Crippen LogP contribution in [0, 0.1) is 5.92 Å². The minimum Gasteiger partial charge on any atom is -0.478 e. The van der Waals surface area contributed by atoms with Gasteiger partial charge in [-0.15, -0.1) is 0 Å². The van der Waals surface area contributed by atoms with Crippen LogP contribution in [0.2, 0.25) is 0 Å². The van der Waals surface area contributed by atoms with Crippen LogP contribution in [-0.4, -0.2) is 39.9 Å². The van der Waals surface area contributed by atoms with Crippen LogP contribution in [0.3, 0.4) is 0 Å². The van der Waals surface area contributed by atoms with Crippen LogP contribution in [0.5, 0.6) is 0 Å². The highest BCUT2D eigenvalue weighted by atomic mass is 16.4. The number of β-amino-alcohol motifs (C(OH)–C–C–N with tert-alkyl or cyclic N) is 1. The monoisotopic (exact) mass is 236 g/mol. The van der Waals surface area contributed by atoms with Gasteiger partial charge in [-0.25, -0.2) is 9.78 Å². The number of carboxylic acid groups (broad SMARTS) is 1. The zero-order chi connectivity index (χ0) is 12.6. The summed E-state index contributed by atoms with van der Waals surface area (Å²) >= 11 is 0. The van der Waals surface area contributed by atoms with Crippen molar-refractivity contribution in [1.29, 1.82) is 0 Å². The van der Waals surface area contributed by atoms with Crippen molar-refractivity contribution < 1.29 is 15.0 Å². The Hall–Kier alpha value is -1.62. The van der Waals surface area contributed by atoms with Crippen molar-refractivity contribution in [1.82, 2.24) is 4.98 Å². The zero-order valence-corrected chi connectivity index (χ0v) is 9.92. The molecule has 0 spiro atoms. The number of hydrogen-bond donors (Lipinski definition) is 2. The third-order valence-corrected chi connectivity index (χ3v) is 3.38. The normalized spacial score (nSPS) is 28.4. The minimum atomic E-state index is -0.965. The Balaban J connectivity index is 2.25. The molecular weight excluding hydrogens is 220 g/mol. The first kappa shape index (κ1) is 11.9. The first-order valence-electron chi connectivity index (χ1n) is 5.57. The highest BCUT2D eigenvalue weighted by Gasteiger charge is 2.39. The molecule has 2 N–H and O–H groups in total. The van der Waals surface area contributed by atoms with Gasteiger partial charge in [0.15, 0.2) is 0 Å². The van der Waals surface area contributed by atoms with Crippen LogP contribution in [0.25, 0.3) is 0 Å². The summed E-state index contributed by atoms with van der Waals surface area (Å²) in [4.78, 5) is 16.9. The molecule has 1 aromatic rings. The number of hydrogen-bond acceptors (Lipinski definition) is 4.